The Bertz CT molecular complexity index is 1270. The fourth-order valence-electron chi connectivity index (χ4n) is 3.48. The molecule has 0 bridgehead atoms. The highest BCUT2D eigenvalue weighted by molar-refractivity contribution is 7.92. The molecule has 5 N–H and O–H groups in total. The van der Waals surface area contributed by atoms with E-state index in [4.69, 9.17) is 4.74 Å². The van der Waals surface area contributed by atoms with Crippen LogP contribution in [0.25, 0.3) is 0 Å². The number of hydrogen-bond donors (Lipinski definition) is 5. The minimum Gasteiger partial charge on any atom is -0.506 e. The normalized spacial score (nSPS) is 13.9. The quantitative estimate of drug-likeness (QED) is 0.271. The van der Waals surface area contributed by atoms with Crippen LogP contribution in [0.15, 0.2) is 72.8 Å². The second-order valence-electron chi connectivity index (χ2n) is 8.22. The number of phenols is 1. The molecule has 0 heterocycles. The molecule has 0 aliphatic heterocycles. The first-order valence-corrected chi connectivity index (χ1v) is 12.7. The van der Waals surface area contributed by atoms with E-state index in [0.29, 0.717) is 22.6 Å². The molecule has 0 spiro atoms. The maximum absolute atomic E-state index is 13.4. The number of nitrogens with one attached hydrogen (secondary N) is 3. The van der Waals surface area contributed by atoms with Crippen LogP contribution in [0.5, 0.6) is 11.5 Å². The Morgan fingerprint density at radius 3 is 2.31 bits per heavy atom. The lowest BCUT2D eigenvalue weighted by Gasteiger charge is -2.31. The highest BCUT2D eigenvalue weighted by Gasteiger charge is 2.35. The Labute approximate surface area is 204 Å². The molecular weight excluding hydrogens is 470 g/mol. The van der Waals surface area contributed by atoms with Gasteiger partial charge in [-0.25, -0.2) is 8.42 Å². The monoisotopic (exact) mass is 499 g/mol. The number of phenolic OH excluding ortho intramolecular Hbond substituents is 1. The molecule has 10 heteroatoms. The maximum atomic E-state index is 13.4. The number of amides is 1. The number of methoxy groups -OCH3 is 1. The molecule has 3 rings (SSSR count). The van der Waals surface area contributed by atoms with E-state index < -0.39 is 21.7 Å². The molecule has 0 aliphatic carbocycles. The second-order valence-corrected chi connectivity index (χ2v) is 9.97. The lowest BCUT2D eigenvalue weighted by atomic mass is 9.90. The molecule has 0 saturated carbocycles. The summed E-state index contributed by atoms with van der Waals surface area (Å²) in [5.74, 6) is 0.0189. The molecule has 0 saturated heterocycles. The molecule has 35 heavy (non-hydrogen) atoms. The van der Waals surface area contributed by atoms with Gasteiger partial charge in [-0.2, -0.15) is 0 Å². The fourth-order valence-corrected chi connectivity index (χ4v) is 4.04. The van der Waals surface area contributed by atoms with E-state index in [-0.39, 0.29) is 23.9 Å². The summed E-state index contributed by atoms with van der Waals surface area (Å²) in [6.45, 7) is 1.65. The van der Waals surface area contributed by atoms with Crippen molar-refractivity contribution in [2.75, 3.05) is 29.9 Å². The third-order valence-corrected chi connectivity index (χ3v) is 6.09. The van der Waals surface area contributed by atoms with Crippen molar-refractivity contribution in [1.82, 2.24) is 5.32 Å². The van der Waals surface area contributed by atoms with Gasteiger partial charge in [-0.3, -0.25) is 14.8 Å². The van der Waals surface area contributed by atoms with Crippen LogP contribution in [-0.2, 0) is 20.4 Å². The number of ether oxygens (including phenoxy) is 1. The number of hydrogen-bond acceptors (Lipinski definition) is 7. The van der Waals surface area contributed by atoms with Crippen LogP contribution in [-0.4, -0.2) is 44.4 Å². The van der Waals surface area contributed by atoms with Crippen LogP contribution in [0.4, 0.5) is 11.4 Å². The first kappa shape index (κ1) is 26.0. The smallest absolute Gasteiger partial charge is 0.249 e. The molecule has 1 amide bonds. The van der Waals surface area contributed by atoms with E-state index in [9.17, 15) is 23.4 Å². The Balaban J connectivity index is 1.86. The highest BCUT2D eigenvalue weighted by Crippen LogP contribution is 2.29. The first-order valence-electron chi connectivity index (χ1n) is 10.8. The van der Waals surface area contributed by atoms with Crippen LogP contribution in [0.1, 0.15) is 24.2 Å². The summed E-state index contributed by atoms with van der Waals surface area (Å²) in [7, 11) is -2.08. The summed E-state index contributed by atoms with van der Waals surface area (Å²) in [6, 6.07) is 20.1. The molecule has 3 aromatic rings. The van der Waals surface area contributed by atoms with E-state index in [1.807, 2.05) is 18.2 Å². The number of carbonyl (C=O) groups excluding carboxylic acids is 1. The maximum Gasteiger partial charge on any atom is 0.249 e. The standard InChI is InChI=1S/C25H29N3O6S/c1-25(18-10-12-20(34-2)13-11-18,24(31)27-19-7-5-4-6-8-19)26-16-23(30)17-9-14-22(29)21(15-17)28-35(3,32)33/h4-15,23,26,28-30H,16H2,1-3H3,(H,27,31). The number of sulfonamides is 1. The zero-order valence-corrected chi connectivity index (χ0v) is 20.5. The summed E-state index contributed by atoms with van der Waals surface area (Å²) in [6.07, 6.45) is -0.152. The zero-order valence-electron chi connectivity index (χ0n) is 19.6. The van der Waals surface area contributed by atoms with Crippen molar-refractivity contribution < 1.29 is 28.2 Å². The van der Waals surface area contributed by atoms with Crippen LogP contribution >= 0.6 is 0 Å². The van der Waals surface area contributed by atoms with Crippen LogP contribution in [0, 0.1) is 0 Å². The van der Waals surface area contributed by atoms with Gasteiger partial charge < -0.3 is 20.3 Å². The lowest BCUT2D eigenvalue weighted by Crippen LogP contribution is -2.50. The Kier molecular flexibility index (Phi) is 8.00. The van der Waals surface area contributed by atoms with E-state index in [2.05, 4.69) is 15.4 Å². The Hall–Kier alpha value is -3.60. The van der Waals surface area contributed by atoms with Crippen LogP contribution in [0.2, 0.25) is 0 Å². The predicted molar refractivity (Wildman–Crippen MR) is 135 cm³/mol. The summed E-state index contributed by atoms with van der Waals surface area (Å²) in [5, 5.41) is 26.8. The first-order chi connectivity index (χ1) is 16.5. The van der Waals surface area contributed by atoms with E-state index in [1.165, 1.54) is 18.2 Å². The van der Waals surface area contributed by atoms with Gasteiger partial charge in [-0.15, -0.1) is 0 Å². The number of rotatable bonds is 10. The van der Waals surface area contributed by atoms with Gasteiger partial charge >= 0.3 is 0 Å². The fraction of sp³-hybridized carbons (Fsp3) is 0.240. The lowest BCUT2D eigenvalue weighted by molar-refractivity contribution is -0.122. The minimum absolute atomic E-state index is 0.0478. The minimum atomic E-state index is -3.63. The zero-order chi connectivity index (χ0) is 25.6. The van der Waals surface area contributed by atoms with Gasteiger partial charge in [0.05, 0.1) is 25.2 Å². The van der Waals surface area contributed by atoms with Crippen molar-refractivity contribution in [2.24, 2.45) is 0 Å². The van der Waals surface area contributed by atoms with Gasteiger partial charge in [0, 0.05) is 12.2 Å². The Morgan fingerprint density at radius 2 is 1.71 bits per heavy atom. The van der Waals surface area contributed by atoms with Gasteiger partial charge in [-0.1, -0.05) is 36.4 Å². The molecule has 0 aromatic heterocycles. The van der Waals surface area contributed by atoms with Crippen LogP contribution in [0.3, 0.4) is 0 Å². The molecule has 3 aromatic carbocycles. The third-order valence-electron chi connectivity index (χ3n) is 5.50. The van der Waals surface area contributed by atoms with E-state index >= 15 is 0 Å². The average Bonchev–Trinajstić information content (AvgIpc) is 2.83. The molecule has 186 valence electrons. The van der Waals surface area contributed by atoms with Crippen molar-refractivity contribution >= 4 is 27.3 Å². The molecule has 9 nitrogen and oxygen atoms in total. The number of para-hydroxylation sites is 1. The van der Waals surface area contributed by atoms with Gasteiger partial charge in [0.25, 0.3) is 0 Å². The summed E-state index contributed by atoms with van der Waals surface area (Å²) < 4.78 is 30.6. The van der Waals surface area contributed by atoms with Gasteiger partial charge in [-0.05, 0) is 54.4 Å². The SMILES string of the molecule is COc1ccc(C(C)(NCC(O)c2ccc(O)c(NS(C)(=O)=O)c2)C(=O)Nc2ccccc2)cc1. The average molecular weight is 500 g/mol. The summed E-state index contributed by atoms with van der Waals surface area (Å²) in [5.41, 5.74) is 0.317. The van der Waals surface area contributed by atoms with Crippen molar-refractivity contribution in [3.8, 4) is 11.5 Å². The van der Waals surface area contributed by atoms with E-state index in [1.54, 1.807) is 50.4 Å². The molecule has 0 aliphatic rings. The van der Waals surface area contributed by atoms with E-state index in [0.717, 1.165) is 6.26 Å². The molecule has 0 fully saturated rings. The van der Waals surface area contributed by atoms with Crippen molar-refractivity contribution in [3.63, 3.8) is 0 Å². The van der Waals surface area contributed by atoms with Crippen molar-refractivity contribution in [1.29, 1.82) is 0 Å². The summed E-state index contributed by atoms with van der Waals surface area (Å²) >= 11 is 0. The van der Waals surface area contributed by atoms with Gasteiger partial charge in [0.15, 0.2) is 0 Å². The number of anilines is 2. The van der Waals surface area contributed by atoms with Crippen molar-refractivity contribution in [2.45, 2.75) is 18.6 Å². The van der Waals surface area contributed by atoms with Crippen LogP contribution < -0.4 is 20.1 Å². The second kappa shape index (κ2) is 10.8. The highest BCUT2D eigenvalue weighted by atomic mass is 32.2. The third kappa shape index (κ3) is 6.72. The largest absolute Gasteiger partial charge is 0.506 e. The number of benzene rings is 3. The Morgan fingerprint density at radius 1 is 1.06 bits per heavy atom. The van der Waals surface area contributed by atoms with Gasteiger partial charge in [0.2, 0.25) is 15.9 Å². The van der Waals surface area contributed by atoms with Crippen molar-refractivity contribution in [3.05, 3.63) is 83.9 Å². The molecular formula is C25H29N3O6S. The molecule has 2 atom stereocenters. The number of carbonyl (C=O) groups is 1. The predicted octanol–water partition coefficient (Wildman–Crippen LogP) is 2.95. The molecule has 2 unspecified atom stereocenters. The van der Waals surface area contributed by atoms with Gasteiger partial charge in [0.1, 0.15) is 17.0 Å². The summed E-state index contributed by atoms with van der Waals surface area (Å²) in [4.78, 5) is 13.4. The molecule has 0 radical (unpaired) electrons. The number of aliphatic hydroxyl groups excluding tert-OH is 1. The number of aliphatic hydroxyl groups is 1. The topological polar surface area (TPSA) is 137 Å². The number of aromatic hydroxyl groups is 1.